The third-order valence-corrected chi connectivity index (χ3v) is 5.51. The topological polar surface area (TPSA) is 86.5 Å². The summed E-state index contributed by atoms with van der Waals surface area (Å²) in [7, 11) is 3.00. The van der Waals surface area contributed by atoms with Crippen LogP contribution in [0.5, 0.6) is 11.5 Å². The highest BCUT2D eigenvalue weighted by molar-refractivity contribution is 8.00. The van der Waals surface area contributed by atoms with Crippen molar-refractivity contribution in [2.45, 2.75) is 23.6 Å². The highest BCUT2D eigenvalue weighted by Gasteiger charge is 2.31. The summed E-state index contributed by atoms with van der Waals surface area (Å²) >= 11 is 6.87. The molecule has 0 aliphatic rings. The Morgan fingerprint density at radius 2 is 1.91 bits per heavy atom. The fourth-order valence-corrected chi connectivity index (χ4v) is 3.43. The van der Waals surface area contributed by atoms with Gasteiger partial charge >= 0.3 is 6.18 Å². The zero-order valence-corrected chi connectivity index (χ0v) is 18.6. The van der Waals surface area contributed by atoms with E-state index in [-0.39, 0.29) is 21.8 Å². The van der Waals surface area contributed by atoms with Gasteiger partial charge in [-0.05, 0) is 37.3 Å². The molecule has 7 nitrogen and oxygen atoms in total. The quantitative estimate of drug-likeness (QED) is 0.437. The van der Waals surface area contributed by atoms with Crippen LogP contribution in [0.25, 0.3) is 11.5 Å². The lowest BCUT2D eigenvalue weighted by Gasteiger charge is -2.13. The molecule has 1 amide bonds. The number of alkyl halides is 3. The first-order valence-corrected chi connectivity index (χ1v) is 10.3. The van der Waals surface area contributed by atoms with Crippen molar-refractivity contribution in [1.29, 1.82) is 0 Å². The average molecular weight is 488 g/mol. The van der Waals surface area contributed by atoms with Gasteiger partial charge in [0.1, 0.15) is 11.5 Å². The fourth-order valence-electron chi connectivity index (χ4n) is 2.58. The minimum atomic E-state index is -4.56. The molecule has 1 heterocycles. The number of hydrogen-bond donors (Lipinski definition) is 1. The number of aromatic nitrogens is 2. The van der Waals surface area contributed by atoms with Gasteiger partial charge in [-0.15, -0.1) is 10.2 Å². The van der Waals surface area contributed by atoms with Crippen LogP contribution in [-0.2, 0) is 11.0 Å². The Balaban J connectivity index is 1.72. The second-order valence-corrected chi connectivity index (χ2v) is 8.08. The van der Waals surface area contributed by atoms with Gasteiger partial charge < -0.3 is 19.2 Å². The monoisotopic (exact) mass is 487 g/mol. The molecule has 0 fully saturated rings. The van der Waals surface area contributed by atoms with Crippen LogP contribution in [0.4, 0.5) is 18.9 Å². The fraction of sp³-hybridized carbons (Fsp3) is 0.250. The molecule has 0 saturated heterocycles. The van der Waals surface area contributed by atoms with Crippen molar-refractivity contribution in [1.82, 2.24) is 10.2 Å². The Labute approximate surface area is 190 Å². The van der Waals surface area contributed by atoms with E-state index in [9.17, 15) is 18.0 Å². The molecule has 0 aliphatic carbocycles. The van der Waals surface area contributed by atoms with Crippen LogP contribution >= 0.6 is 23.4 Å². The molecule has 1 aromatic heterocycles. The zero-order chi connectivity index (χ0) is 23.5. The second kappa shape index (κ2) is 9.70. The normalized spacial score (nSPS) is 12.3. The molecule has 170 valence electrons. The van der Waals surface area contributed by atoms with Crippen LogP contribution in [0, 0.1) is 0 Å². The maximum Gasteiger partial charge on any atom is 0.416 e. The van der Waals surface area contributed by atoms with Crippen LogP contribution < -0.4 is 14.8 Å². The Morgan fingerprint density at radius 1 is 1.16 bits per heavy atom. The van der Waals surface area contributed by atoms with E-state index in [1.807, 2.05) is 0 Å². The van der Waals surface area contributed by atoms with E-state index in [1.54, 1.807) is 25.1 Å². The van der Waals surface area contributed by atoms with Gasteiger partial charge in [-0.25, -0.2) is 0 Å². The number of nitrogens with one attached hydrogen (secondary N) is 1. The van der Waals surface area contributed by atoms with Crippen molar-refractivity contribution >= 4 is 35.0 Å². The van der Waals surface area contributed by atoms with E-state index in [2.05, 4.69) is 15.5 Å². The van der Waals surface area contributed by atoms with Crippen molar-refractivity contribution in [2.75, 3.05) is 19.5 Å². The SMILES string of the molecule is COc1ccc(-c2nnc(S[C@H](C)C(=O)Nc3cc(C(F)(F)F)ccc3Cl)o2)c(OC)c1. The van der Waals surface area contributed by atoms with Gasteiger partial charge in [-0.2, -0.15) is 13.2 Å². The number of halogens is 4. The molecule has 32 heavy (non-hydrogen) atoms. The van der Waals surface area contributed by atoms with E-state index >= 15 is 0 Å². The summed E-state index contributed by atoms with van der Waals surface area (Å²) in [6, 6.07) is 7.72. The summed E-state index contributed by atoms with van der Waals surface area (Å²) in [4.78, 5) is 12.5. The molecule has 0 bridgehead atoms. The summed E-state index contributed by atoms with van der Waals surface area (Å²) in [5, 5.41) is 9.57. The molecule has 0 aliphatic heterocycles. The molecule has 0 unspecified atom stereocenters. The lowest BCUT2D eigenvalue weighted by molar-refractivity contribution is -0.137. The summed E-state index contributed by atoms with van der Waals surface area (Å²) in [5.41, 5.74) is -0.541. The minimum Gasteiger partial charge on any atom is -0.497 e. The molecule has 3 rings (SSSR count). The van der Waals surface area contributed by atoms with E-state index in [4.69, 9.17) is 25.5 Å². The van der Waals surface area contributed by atoms with Gasteiger partial charge in [0.2, 0.25) is 5.91 Å². The number of carbonyl (C=O) groups is 1. The number of methoxy groups -OCH3 is 2. The molecule has 0 spiro atoms. The van der Waals surface area contributed by atoms with E-state index in [0.29, 0.717) is 17.1 Å². The average Bonchev–Trinajstić information content (AvgIpc) is 3.22. The summed E-state index contributed by atoms with van der Waals surface area (Å²) < 4.78 is 54.8. The Kier molecular flexibility index (Phi) is 7.19. The largest absolute Gasteiger partial charge is 0.497 e. The molecule has 2 aromatic carbocycles. The Morgan fingerprint density at radius 3 is 2.56 bits per heavy atom. The van der Waals surface area contributed by atoms with Gasteiger partial charge in [0.25, 0.3) is 11.1 Å². The smallest absolute Gasteiger partial charge is 0.416 e. The van der Waals surface area contributed by atoms with Crippen LogP contribution in [0.3, 0.4) is 0 Å². The number of hydrogen-bond acceptors (Lipinski definition) is 7. The maximum atomic E-state index is 12.9. The van der Waals surface area contributed by atoms with Crippen molar-refractivity contribution < 1.29 is 31.9 Å². The van der Waals surface area contributed by atoms with Crippen molar-refractivity contribution in [3.05, 3.63) is 47.0 Å². The van der Waals surface area contributed by atoms with Gasteiger partial charge in [0, 0.05) is 6.07 Å². The van der Waals surface area contributed by atoms with Crippen molar-refractivity contribution in [3.63, 3.8) is 0 Å². The number of nitrogens with zero attached hydrogens (tertiary/aromatic N) is 2. The number of benzene rings is 2. The van der Waals surface area contributed by atoms with E-state index < -0.39 is 22.9 Å². The molecule has 0 saturated carbocycles. The summed E-state index contributed by atoms with van der Waals surface area (Å²) in [5.74, 6) is 0.617. The molecule has 1 atom stereocenters. The second-order valence-electron chi connectivity index (χ2n) is 6.38. The Hall–Kier alpha value is -2.92. The zero-order valence-electron chi connectivity index (χ0n) is 17.0. The van der Waals surface area contributed by atoms with Crippen molar-refractivity contribution in [3.8, 4) is 23.0 Å². The van der Waals surface area contributed by atoms with Crippen LogP contribution in [0.1, 0.15) is 12.5 Å². The summed E-state index contributed by atoms with van der Waals surface area (Å²) in [6.07, 6.45) is -4.56. The number of ether oxygens (including phenoxy) is 2. The molecule has 0 radical (unpaired) electrons. The molecule has 1 N–H and O–H groups in total. The number of thioether (sulfide) groups is 1. The van der Waals surface area contributed by atoms with Gasteiger partial charge in [-0.3, -0.25) is 4.79 Å². The molecular weight excluding hydrogens is 471 g/mol. The lowest BCUT2D eigenvalue weighted by Crippen LogP contribution is -2.23. The number of amides is 1. The van der Waals surface area contributed by atoms with Crippen LogP contribution in [0.2, 0.25) is 5.02 Å². The molecular formula is C20H17ClF3N3O4S. The standard InChI is InChI=1S/C20H17ClF3N3O4S/c1-10(17(28)25-15-8-11(20(22,23)24)4-7-14(15)21)32-19-27-26-18(31-19)13-6-5-12(29-2)9-16(13)30-3/h4-10H,1-3H3,(H,25,28)/t10-/m1/s1. The highest BCUT2D eigenvalue weighted by atomic mass is 35.5. The Bertz CT molecular complexity index is 1120. The third kappa shape index (κ3) is 5.46. The molecule has 12 heteroatoms. The van der Waals surface area contributed by atoms with Gasteiger partial charge in [-0.1, -0.05) is 23.4 Å². The van der Waals surface area contributed by atoms with E-state index in [0.717, 1.165) is 30.0 Å². The van der Waals surface area contributed by atoms with Crippen LogP contribution in [0.15, 0.2) is 46.0 Å². The minimum absolute atomic E-state index is 0.0183. The van der Waals surface area contributed by atoms with Crippen LogP contribution in [-0.4, -0.2) is 35.6 Å². The van der Waals surface area contributed by atoms with Crippen molar-refractivity contribution in [2.24, 2.45) is 0 Å². The first-order valence-electron chi connectivity index (χ1n) is 9.02. The third-order valence-electron chi connectivity index (χ3n) is 4.24. The predicted molar refractivity (Wildman–Crippen MR) is 113 cm³/mol. The maximum absolute atomic E-state index is 12.9. The highest BCUT2D eigenvalue weighted by Crippen LogP contribution is 2.36. The first-order chi connectivity index (χ1) is 15.1. The number of rotatable bonds is 7. The lowest BCUT2D eigenvalue weighted by atomic mass is 10.2. The molecule has 3 aromatic rings. The number of anilines is 1. The van der Waals surface area contributed by atoms with Gasteiger partial charge in [0.15, 0.2) is 0 Å². The number of carbonyl (C=O) groups excluding carboxylic acids is 1. The first kappa shape index (κ1) is 23.7. The van der Waals surface area contributed by atoms with E-state index in [1.165, 1.54) is 14.2 Å². The predicted octanol–water partition coefficient (Wildman–Crippen LogP) is 5.55. The van der Waals surface area contributed by atoms with Gasteiger partial charge in [0.05, 0.1) is 41.3 Å². The summed E-state index contributed by atoms with van der Waals surface area (Å²) in [6.45, 7) is 1.54.